The third-order valence-corrected chi connectivity index (χ3v) is 4.14. The molecule has 102 valence electrons. The molecule has 0 aromatic heterocycles. The van der Waals surface area contributed by atoms with Crippen LogP contribution in [0.2, 0.25) is 0 Å². The first-order valence-corrected chi connectivity index (χ1v) is 6.78. The van der Waals surface area contributed by atoms with Crippen LogP contribution < -0.4 is 10.6 Å². The first-order valence-electron chi connectivity index (χ1n) is 5.30. The minimum absolute atomic E-state index is 0.0203. The molecule has 0 saturated carbocycles. The Morgan fingerprint density at radius 1 is 1.44 bits per heavy atom. The SMILES string of the molecule is Cc1cc(F)ccc1S(=O)(=O)NC(C)(C)CON. The van der Waals surface area contributed by atoms with Crippen LogP contribution in [-0.2, 0) is 14.9 Å². The summed E-state index contributed by atoms with van der Waals surface area (Å²) in [5.41, 5.74) is -0.513. The fourth-order valence-corrected chi connectivity index (χ4v) is 3.20. The van der Waals surface area contributed by atoms with E-state index < -0.39 is 21.4 Å². The molecule has 0 fully saturated rings. The maximum atomic E-state index is 12.9. The average molecular weight is 276 g/mol. The molecule has 5 nitrogen and oxygen atoms in total. The summed E-state index contributed by atoms with van der Waals surface area (Å²) in [6, 6.07) is 3.50. The Morgan fingerprint density at radius 2 is 2.06 bits per heavy atom. The van der Waals surface area contributed by atoms with Crippen molar-refractivity contribution in [3.63, 3.8) is 0 Å². The molecule has 0 saturated heterocycles. The summed E-state index contributed by atoms with van der Waals surface area (Å²) in [5.74, 6) is 4.46. The normalized spacial score (nSPS) is 12.7. The van der Waals surface area contributed by atoms with Gasteiger partial charge < -0.3 is 4.84 Å². The Bertz CT molecular complexity index is 529. The van der Waals surface area contributed by atoms with Gasteiger partial charge in [-0.3, -0.25) is 0 Å². The lowest BCUT2D eigenvalue weighted by Gasteiger charge is -2.24. The van der Waals surface area contributed by atoms with Gasteiger partial charge in [0.2, 0.25) is 10.0 Å². The molecular formula is C11H17FN2O3S. The topological polar surface area (TPSA) is 81.4 Å². The summed E-state index contributed by atoms with van der Waals surface area (Å²) in [4.78, 5) is 4.49. The van der Waals surface area contributed by atoms with Crippen LogP contribution in [0, 0.1) is 12.7 Å². The van der Waals surface area contributed by atoms with E-state index in [2.05, 4.69) is 9.56 Å². The van der Waals surface area contributed by atoms with Gasteiger partial charge in [-0.15, -0.1) is 0 Å². The number of aryl methyl sites for hydroxylation is 1. The summed E-state index contributed by atoms with van der Waals surface area (Å²) in [7, 11) is -3.74. The van der Waals surface area contributed by atoms with Gasteiger partial charge in [-0.05, 0) is 44.5 Å². The highest BCUT2D eigenvalue weighted by Gasteiger charge is 2.27. The molecule has 0 aliphatic rings. The van der Waals surface area contributed by atoms with Crippen LogP contribution in [0.4, 0.5) is 4.39 Å². The molecule has 1 rings (SSSR count). The highest BCUT2D eigenvalue weighted by molar-refractivity contribution is 7.89. The summed E-state index contributed by atoms with van der Waals surface area (Å²) in [6.07, 6.45) is 0. The predicted molar refractivity (Wildman–Crippen MR) is 65.7 cm³/mol. The van der Waals surface area contributed by atoms with Gasteiger partial charge in [0.05, 0.1) is 17.0 Å². The second-order valence-electron chi connectivity index (χ2n) is 4.71. The lowest BCUT2D eigenvalue weighted by molar-refractivity contribution is 0.0929. The molecule has 0 spiro atoms. The molecular weight excluding hydrogens is 259 g/mol. The maximum Gasteiger partial charge on any atom is 0.241 e. The Kier molecular flexibility index (Phi) is 4.44. The molecule has 0 unspecified atom stereocenters. The fraction of sp³-hybridized carbons (Fsp3) is 0.455. The summed E-state index contributed by atoms with van der Waals surface area (Å²) in [5, 5.41) is 0. The van der Waals surface area contributed by atoms with Gasteiger partial charge in [-0.2, -0.15) is 0 Å². The highest BCUT2D eigenvalue weighted by atomic mass is 32.2. The van der Waals surface area contributed by atoms with Gasteiger partial charge in [0, 0.05) is 0 Å². The largest absolute Gasteiger partial charge is 0.303 e. The van der Waals surface area contributed by atoms with E-state index in [-0.39, 0.29) is 11.5 Å². The minimum Gasteiger partial charge on any atom is -0.303 e. The number of nitrogens with one attached hydrogen (secondary N) is 1. The summed E-state index contributed by atoms with van der Waals surface area (Å²) in [6.45, 7) is 4.82. The van der Waals surface area contributed by atoms with E-state index in [0.29, 0.717) is 5.56 Å². The van der Waals surface area contributed by atoms with Crippen LogP contribution in [0.3, 0.4) is 0 Å². The number of halogens is 1. The summed E-state index contributed by atoms with van der Waals surface area (Å²) >= 11 is 0. The fourth-order valence-electron chi connectivity index (χ4n) is 1.57. The molecule has 0 bridgehead atoms. The third kappa shape index (κ3) is 3.74. The average Bonchev–Trinajstić information content (AvgIpc) is 2.14. The van der Waals surface area contributed by atoms with Crippen LogP contribution in [0.25, 0.3) is 0 Å². The van der Waals surface area contributed by atoms with Crippen molar-refractivity contribution in [3.8, 4) is 0 Å². The number of hydrogen-bond acceptors (Lipinski definition) is 4. The molecule has 0 radical (unpaired) electrons. The van der Waals surface area contributed by atoms with E-state index in [9.17, 15) is 12.8 Å². The smallest absolute Gasteiger partial charge is 0.241 e. The Morgan fingerprint density at radius 3 is 2.56 bits per heavy atom. The van der Waals surface area contributed by atoms with E-state index >= 15 is 0 Å². The molecule has 0 aliphatic heterocycles. The van der Waals surface area contributed by atoms with Crippen LogP contribution in [0.1, 0.15) is 19.4 Å². The van der Waals surface area contributed by atoms with Crippen LogP contribution >= 0.6 is 0 Å². The van der Waals surface area contributed by atoms with Crippen molar-refractivity contribution >= 4 is 10.0 Å². The van der Waals surface area contributed by atoms with E-state index in [0.717, 1.165) is 6.07 Å². The van der Waals surface area contributed by atoms with E-state index in [4.69, 9.17) is 5.90 Å². The van der Waals surface area contributed by atoms with Gasteiger partial charge in [0.1, 0.15) is 5.82 Å². The van der Waals surface area contributed by atoms with E-state index in [1.165, 1.54) is 19.1 Å². The lowest BCUT2D eigenvalue weighted by atomic mass is 10.1. The molecule has 0 aliphatic carbocycles. The molecule has 18 heavy (non-hydrogen) atoms. The second kappa shape index (κ2) is 5.31. The Labute approximate surface area is 106 Å². The van der Waals surface area contributed by atoms with Crippen molar-refractivity contribution in [1.29, 1.82) is 0 Å². The van der Waals surface area contributed by atoms with Crippen molar-refractivity contribution in [2.45, 2.75) is 31.2 Å². The van der Waals surface area contributed by atoms with Crippen molar-refractivity contribution < 1.29 is 17.6 Å². The van der Waals surface area contributed by atoms with Crippen LogP contribution in [0.5, 0.6) is 0 Å². The zero-order valence-corrected chi connectivity index (χ0v) is 11.3. The van der Waals surface area contributed by atoms with Crippen molar-refractivity contribution in [1.82, 2.24) is 4.72 Å². The quantitative estimate of drug-likeness (QED) is 0.789. The second-order valence-corrected chi connectivity index (χ2v) is 6.36. The third-order valence-electron chi connectivity index (χ3n) is 2.28. The first-order chi connectivity index (χ1) is 8.18. The number of sulfonamides is 1. The van der Waals surface area contributed by atoms with Gasteiger partial charge in [0.25, 0.3) is 0 Å². The zero-order chi connectivity index (χ0) is 14.0. The van der Waals surface area contributed by atoms with E-state index in [1.807, 2.05) is 0 Å². The van der Waals surface area contributed by atoms with Crippen LogP contribution in [0.15, 0.2) is 23.1 Å². The van der Waals surface area contributed by atoms with Crippen LogP contribution in [-0.4, -0.2) is 20.6 Å². The standard InChI is InChI=1S/C11H17FN2O3S/c1-8-6-9(12)4-5-10(8)18(15,16)14-11(2,3)7-17-13/h4-6,14H,7,13H2,1-3H3. The molecule has 1 aromatic carbocycles. The van der Waals surface area contributed by atoms with E-state index in [1.54, 1.807) is 13.8 Å². The molecule has 7 heteroatoms. The minimum atomic E-state index is -3.74. The number of rotatable bonds is 5. The Balaban J connectivity index is 3.07. The maximum absolute atomic E-state index is 12.9. The zero-order valence-electron chi connectivity index (χ0n) is 10.5. The van der Waals surface area contributed by atoms with Gasteiger partial charge in [-0.1, -0.05) is 0 Å². The first kappa shape index (κ1) is 15.0. The van der Waals surface area contributed by atoms with Crippen molar-refractivity contribution in [2.24, 2.45) is 5.90 Å². The molecule has 0 atom stereocenters. The predicted octanol–water partition coefficient (Wildman–Crippen LogP) is 1.08. The molecule has 1 aromatic rings. The van der Waals surface area contributed by atoms with Crippen molar-refractivity contribution in [2.75, 3.05) is 6.61 Å². The number of hydrogen-bond donors (Lipinski definition) is 2. The molecule has 0 amide bonds. The molecule has 0 heterocycles. The van der Waals surface area contributed by atoms with Crippen molar-refractivity contribution in [3.05, 3.63) is 29.6 Å². The monoisotopic (exact) mass is 276 g/mol. The number of nitrogens with two attached hydrogens (primary N) is 1. The van der Waals surface area contributed by atoms with Gasteiger partial charge >= 0.3 is 0 Å². The van der Waals surface area contributed by atoms with Gasteiger partial charge in [-0.25, -0.2) is 23.4 Å². The number of benzene rings is 1. The lowest BCUT2D eigenvalue weighted by Crippen LogP contribution is -2.47. The Hall–Kier alpha value is -1.02. The summed E-state index contributed by atoms with van der Waals surface area (Å²) < 4.78 is 39.6. The molecule has 3 N–H and O–H groups in total. The highest BCUT2D eigenvalue weighted by Crippen LogP contribution is 2.18. The van der Waals surface area contributed by atoms with Gasteiger partial charge in [0.15, 0.2) is 0 Å².